The molecular weight excluding hydrogens is 508 g/mol. The molecule has 0 aromatic heterocycles. The standard InChI is InChI=1S/C24H21BrN2O5S/c1-4-10-32-22-16(11-17(25)13-19(22)31-3)12-20-23(29)27(24(30)33-20)14-21(28)26-18-8-6-15(5-2)7-9-18/h1,6-9,11-13H,5,10,14H2,2-3H3,(H,26,28)/b20-12+. The molecule has 2 aromatic rings. The van der Waals surface area contributed by atoms with Gasteiger partial charge in [0, 0.05) is 15.7 Å². The summed E-state index contributed by atoms with van der Waals surface area (Å²) in [6.07, 6.45) is 7.70. The van der Waals surface area contributed by atoms with Gasteiger partial charge in [0.2, 0.25) is 5.91 Å². The summed E-state index contributed by atoms with van der Waals surface area (Å²) in [5.41, 5.74) is 2.23. The number of methoxy groups -OCH3 is 1. The minimum Gasteiger partial charge on any atom is -0.493 e. The molecule has 0 bridgehead atoms. The van der Waals surface area contributed by atoms with Crippen molar-refractivity contribution in [2.45, 2.75) is 13.3 Å². The number of ether oxygens (including phenoxy) is 2. The van der Waals surface area contributed by atoms with Crippen molar-refractivity contribution in [3.05, 3.63) is 56.9 Å². The van der Waals surface area contributed by atoms with Crippen LogP contribution >= 0.6 is 27.7 Å². The number of aryl methyl sites for hydroxylation is 1. The van der Waals surface area contributed by atoms with Crippen LogP contribution in [0.3, 0.4) is 0 Å². The number of nitrogens with one attached hydrogen (secondary N) is 1. The van der Waals surface area contributed by atoms with E-state index in [4.69, 9.17) is 15.9 Å². The van der Waals surface area contributed by atoms with E-state index in [1.165, 1.54) is 13.2 Å². The first kappa shape index (κ1) is 24.4. The van der Waals surface area contributed by atoms with Crippen LogP contribution in [0.4, 0.5) is 10.5 Å². The largest absolute Gasteiger partial charge is 0.493 e. The number of hydrogen-bond donors (Lipinski definition) is 1. The van der Waals surface area contributed by atoms with E-state index < -0.39 is 17.1 Å². The number of hydrogen-bond acceptors (Lipinski definition) is 6. The van der Waals surface area contributed by atoms with Crippen molar-refractivity contribution in [1.82, 2.24) is 4.90 Å². The summed E-state index contributed by atoms with van der Waals surface area (Å²) in [6, 6.07) is 10.8. The predicted octanol–water partition coefficient (Wildman–Crippen LogP) is 4.71. The summed E-state index contributed by atoms with van der Waals surface area (Å²) in [5, 5.41) is 2.17. The number of halogens is 1. The number of carbonyl (C=O) groups is 3. The lowest BCUT2D eigenvalue weighted by atomic mass is 10.1. The molecule has 0 spiro atoms. The Morgan fingerprint density at radius 3 is 2.64 bits per heavy atom. The number of imide groups is 1. The van der Waals surface area contributed by atoms with Crippen molar-refractivity contribution in [2.24, 2.45) is 0 Å². The molecule has 1 saturated heterocycles. The van der Waals surface area contributed by atoms with E-state index in [-0.39, 0.29) is 18.1 Å². The van der Waals surface area contributed by atoms with Crippen molar-refractivity contribution in [3.63, 3.8) is 0 Å². The third-order valence-electron chi connectivity index (χ3n) is 4.68. The van der Waals surface area contributed by atoms with Crippen LogP contribution in [0.1, 0.15) is 18.1 Å². The number of nitrogens with zero attached hydrogens (tertiary/aromatic N) is 1. The Morgan fingerprint density at radius 1 is 1.27 bits per heavy atom. The van der Waals surface area contributed by atoms with Crippen LogP contribution in [0.5, 0.6) is 11.5 Å². The fraction of sp³-hybridized carbons (Fsp3) is 0.208. The van der Waals surface area contributed by atoms with E-state index >= 15 is 0 Å². The van der Waals surface area contributed by atoms with E-state index in [1.807, 2.05) is 19.1 Å². The zero-order valence-corrected chi connectivity index (χ0v) is 20.4. The highest BCUT2D eigenvalue weighted by Crippen LogP contribution is 2.39. The minimum absolute atomic E-state index is 0.000281. The molecule has 3 amide bonds. The number of carbonyl (C=O) groups excluding carboxylic acids is 3. The molecule has 7 nitrogen and oxygen atoms in total. The van der Waals surface area contributed by atoms with Crippen molar-refractivity contribution in [3.8, 4) is 23.8 Å². The van der Waals surface area contributed by atoms with Crippen molar-refractivity contribution >= 4 is 56.5 Å². The Balaban J connectivity index is 1.78. The Labute approximate surface area is 204 Å². The van der Waals surface area contributed by atoms with Crippen LogP contribution in [0.25, 0.3) is 6.08 Å². The van der Waals surface area contributed by atoms with Gasteiger partial charge < -0.3 is 14.8 Å². The minimum atomic E-state index is -0.566. The zero-order valence-electron chi connectivity index (χ0n) is 18.0. The van der Waals surface area contributed by atoms with Gasteiger partial charge in [-0.2, -0.15) is 0 Å². The Morgan fingerprint density at radius 2 is 2.00 bits per heavy atom. The molecule has 0 unspecified atom stereocenters. The molecule has 170 valence electrons. The van der Waals surface area contributed by atoms with Gasteiger partial charge >= 0.3 is 0 Å². The second-order valence-electron chi connectivity index (χ2n) is 6.89. The molecular formula is C24H21BrN2O5S. The molecule has 33 heavy (non-hydrogen) atoms. The SMILES string of the molecule is C#CCOc1c(/C=C2/SC(=O)N(CC(=O)Nc3ccc(CC)cc3)C2=O)cc(Br)cc1OC. The normalized spacial score (nSPS) is 14.4. The molecule has 1 N–H and O–H groups in total. The monoisotopic (exact) mass is 528 g/mol. The van der Waals surface area contributed by atoms with Crippen molar-refractivity contribution in [2.75, 3.05) is 25.6 Å². The molecule has 3 rings (SSSR count). The second kappa shape index (κ2) is 11.1. The lowest BCUT2D eigenvalue weighted by molar-refractivity contribution is -0.127. The first-order valence-corrected chi connectivity index (χ1v) is 11.5. The zero-order chi connectivity index (χ0) is 24.0. The average Bonchev–Trinajstić information content (AvgIpc) is 3.05. The Hall–Kier alpha value is -3.22. The lowest BCUT2D eigenvalue weighted by Crippen LogP contribution is -2.36. The highest BCUT2D eigenvalue weighted by Gasteiger charge is 2.36. The predicted molar refractivity (Wildman–Crippen MR) is 132 cm³/mol. The fourth-order valence-electron chi connectivity index (χ4n) is 3.06. The maximum absolute atomic E-state index is 12.9. The van der Waals surface area contributed by atoms with E-state index in [9.17, 15) is 14.4 Å². The van der Waals surface area contributed by atoms with E-state index in [0.29, 0.717) is 27.2 Å². The van der Waals surface area contributed by atoms with Gasteiger partial charge in [-0.05, 0) is 54.1 Å². The van der Waals surface area contributed by atoms with Crippen LogP contribution in [0.2, 0.25) is 0 Å². The summed E-state index contributed by atoms with van der Waals surface area (Å²) in [4.78, 5) is 38.8. The van der Waals surface area contributed by atoms with Crippen LogP contribution in [0, 0.1) is 12.3 Å². The Bertz CT molecular complexity index is 1150. The lowest BCUT2D eigenvalue weighted by Gasteiger charge is -2.13. The number of terminal acetylenes is 1. The van der Waals surface area contributed by atoms with Gasteiger partial charge in [0.1, 0.15) is 13.2 Å². The number of amides is 3. The van der Waals surface area contributed by atoms with Gasteiger partial charge in [-0.15, -0.1) is 6.42 Å². The third kappa shape index (κ3) is 5.97. The van der Waals surface area contributed by atoms with Crippen LogP contribution in [-0.2, 0) is 16.0 Å². The maximum atomic E-state index is 12.9. The molecule has 1 aliphatic rings. The van der Waals surface area contributed by atoms with Gasteiger partial charge in [0.25, 0.3) is 11.1 Å². The summed E-state index contributed by atoms with van der Waals surface area (Å²) >= 11 is 4.14. The van der Waals surface area contributed by atoms with Crippen LogP contribution in [0.15, 0.2) is 45.8 Å². The van der Waals surface area contributed by atoms with Gasteiger partial charge in [-0.25, -0.2) is 0 Å². The van der Waals surface area contributed by atoms with E-state index in [2.05, 4.69) is 27.2 Å². The summed E-state index contributed by atoms with van der Waals surface area (Å²) in [6.45, 7) is 1.65. The number of thioether (sulfide) groups is 1. The van der Waals surface area contributed by atoms with E-state index in [0.717, 1.165) is 28.6 Å². The average molecular weight is 529 g/mol. The summed E-state index contributed by atoms with van der Waals surface area (Å²) in [5.74, 6) is 2.11. The molecule has 2 aromatic carbocycles. The molecule has 0 radical (unpaired) electrons. The molecule has 0 saturated carbocycles. The highest BCUT2D eigenvalue weighted by atomic mass is 79.9. The van der Waals surface area contributed by atoms with Gasteiger partial charge in [0.15, 0.2) is 11.5 Å². The van der Waals surface area contributed by atoms with Gasteiger partial charge in [-0.3, -0.25) is 19.3 Å². The number of rotatable bonds is 8. The summed E-state index contributed by atoms with van der Waals surface area (Å²) in [7, 11) is 1.48. The van der Waals surface area contributed by atoms with Gasteiger partial charge in [-0.1, -0.05) is 40.9 Å². The molecule has 1 heterocycles. The third-order valence-corrected chi connectivity index (χ3v) is 6.04. The molecule has 9 heteroatoms. The van der Waals surface area contributed by atoms with Gasteiger partial charge in [0.05, 0.1) is 12.0 Å². The van der Waals surface area contributed by atoms with Crippen molar-refractivity contribution in [1.29, 1.82) is 0 Å². The number of benzene rings is 2. The highest BCUT2D eigenvalue weighted by molar-refractivity contribution is 9.10. The molecule has 1 aliphatic heterocycles. The molecule has 1 fully saturated rings. The topological polar surface area (TPSA) is 84.9 Å². The van der Waals surface area contributed by atoms with Crippen LogP contribution < -0.4 is 14.8 Å². The second-order valence-corrected chi connectivity index (χ2v) is 8.79. The molecule has 0 atom stereocenters. The first-order chi connectivity index (χ1) is 15.9. The Kier molecular flexibility index (Phi) is 8.20. The summed E-state index contributed by atoms with van der Waals surface area (Å²) < 4.78 is 11.6. The maximum Gasteiger partial charge on any atom is 0.294 e. The fourth-order valence-corrected chi connectivity index (χ4v) is 4.35. The van der Waals surface area contributed by atoms with Crippen molar-refractivity contribution < 1.29 is 23.9 Å². The van der Waals surface area contributed by atoms with E-state index in [1.54, 1.807) is 24.3 Å². The molecule has 0 aliphatic carbocycles. The quantitative estimate of drug-likeness (QED) is 0.394. The smallest absolute Gasteiger partial charge is 0.294 e. The van der Waals surface area contributed by atoms with Crippen LogP contribution in [-0.4, -0.2) is 42.2 Å². The first-order valence-electron chi connectivity index (χ1n) is 9.94. The number of anilines is 1.